The van der Waals surface area contributed by atoms with Crippen molar-refractivity contribution in [1.82, 2.24) is 9.80 Å². The quantitative estimate of drug-likeness (QED) is 0.750. The summed E-state index contributed by atoms with van der Waals surface area (Å²) in [7, 11) is 1.37. The molecule has 1 aromatic carbocycles. The van der Waals surface area contributed by atoms with Crippen molar-refractivity contribution in [2.75, 3.05) is 33.3 Å². The van der Waals surface area contributed by atoms with Gasteiger partial charge in [0.15, 0.2) is 0 Å². The van der Waals surface area contributed by atoms with E-state index in [2.05, 4.69) is 0 Å². The zero-order chi connectivity index (χ0) is 19.6. The molecule has 6 nitrogen and oxygen atoms in total. The number of nitrogens with zero attached hydrogens (tertiary/aromatic N) is 2. The van der Waals surface area contributed by atoms with Gasteiger partial charge in [-0.05, 0) is 31.5 Å². The number of hydrogen-bond acceptors (Lipinski definition) is 5. The van der Waals surface area contributed by atoms with E-state index in [9.17, 15) is 9.59 Å². The second-order valence-corrected chi connectivity index (χ2v) is 7.01. The molecule has 1 fully saturated rings. The first kappa shape index (κ1) is 19.5. The number of carbonyl (C=O) groups is 2. The maximum atomic E-state index is 12.8. The number of rotatable bonds is 4. The lowest BCUT2D eigenvalue weighted by molar-refractivity contribution is -0.148. The van der Waals surface area contributed by atoms with E-state index in [4.69, 9.17) is 20.8 Å². The number of esters is 1. The minimum Gasteiger partial charge on any atom is -0.468 e. The second-order valence-electron chi connectivity index (χ2n) is 6.60. The third kappa shape index (κ3) is 4.01. The van der Waals surface area contributed by atoms with E-state index in [-0.39, 0.29) is 11.9 Å². The lowest BCUT2D eigenvalue weighted by atomic mass is 10.0. The highest BCUT2D eigenvalue weighted by Gasteiger charge is 2.34. The van der Waals surface area contributed by atoms with Crippen molar-refractivity contribution >= 4 is 23.5 Å². The SMILES string of the molecule is COC(=O)[C@@H](c1ccccc1Cl)N1CCN(C(=O)c2cc(C)oc2C)CC1. The van der Waals surface area contributed by atoms with Crippen LogP contribution in [0.5, 0.6) is 0 Å². The van der Waals surface area contributed by atoms with Crippen LogP contribution in [0, 0.1) is 13.8 Å². The van der Waals surface area contributed by atoms with Gasteiger partial charge in [-0.2, -0.15) is 0 Å². The van der Waals surface area contributed by atoms with E-state index in [0.29, 0.717) is 48.1 Å². The predicted octanol–water partition coefficient (Wildman–Crippen LogP) is 3.22. The lowest BCUT2D eigenvalue weighted by Crippen LogP contribution is -2.51. The maximum Gasteiger partial charge on any atom is 0.327 e. The number of ether oxygens (including phenoxy) is 1. The molecule has 27 heavy (non-hydrogen) atoms. The zero-order valence-corrected chi connectivity index (χ0v) is 16.5. The fourth-order valence-electron chi connectivity index (χ4n) is 3.48. The number of hydrogen-bond donors (Lipinski definition) is 0. The van der Waals surface area contributed by atoms with Crippen LogP contribution in [0.3, 0.4) is 0 Å². The second kappa shape index (κ2) is 8.15. The Morgan fingerprint density at radius 1 is 1.15 bits per heavy atom. The molecule has 1 aliphatic rings. The van der Waals surface area contributed by atoms with Crippen molar-refractivity contribution in [2.24, 2.45) is 0 Å². The van der Waals surface area contributed by atoms with E-state index in [1.807, 2.05) is 30.0 Å². The summed E-state index contributed by atoms with van der Waals surface area (Å²) < 4.78 is 10.5. The Balaban J connectivity index is 1.74. The molecule has 0 bridgehead atoms. The smallest absolute Gasteiger partial charge is 0.327 e. The molecule has 2 heterocycles. The standard InChI is InChI=1S/C20H23ClN2O4/c1-13-12-16(14(2)27-13)19(24)23-10-8-22(9-11-23)18(20(25)26-3)15-6-4-5-7-17(15)21/h4-7,12,18H,8-11H2,1-3H3/t18-/m1/s1. The molecule has 3 rings (SSSR count). The fourth-order valence-corrected chi connectivity index (χ4v) is 3.72. The van der Waals surface area contributed by atoms with Gasteiger partial charge >= 0.3 is 5.97 Å². The molecule has 144 valence electrons. The van der Waals surface area contributed by atoms with Gasteiger partial charge in [0.1, 0.15) is 17.6 Å². The molecular weight excluding hydrogens is 368 g/mol. The number of halogens is 1. The third-order valence-electron chi connectivity index (χ3n) is 4.86. The largest absolute Gasteiger partial charge is 0.468 e. The summed E-state index contributed by atoms with van der Waals surface area (Å²) in [4.78, 5) is 29.0. The zero-order valence-electron chi connectivity index (χ0n) is 15.7. The first-order valence-corrected chi connectivity index (χ1v) is 9.22. The third-order valence-corrected chi connectivity index (χ3v) is 5.21. The summed E-state index contributed by atoms with van der Waals surface area (Å²) >= 11 is 6.31. The molecule has 0 spiro atoms. The van der Waals surface area contributed by atoms with Gasteiger partial charge < -0.3 is 14.1 Å². The first-order chi connectivity index (χ1) is 12.9. The Labute approximate surface area is 163 Å². The number of piperazine rings is 1. The van der Waals surface area contributed by atoms with Crippen LogP contribution in [0.15, 0.2) is 34.7 Å². The van der Waals surface area contributed by atoms with Crippen molar-refractivity contribution in [2.45, 2.75) is 19.9 Å². The highest BCUT2D eigenvalue weighted by molar-refractivity contribution is 6.31. The Morgan fingerprint density at radius 2 is 1.81 bits per heavy atom. The van der Waals surface area contributed by atoms with Crippen LogP contribution in [0.4, 0.5) is 0 Å². The van der Waals surface area contributed by atoms with Gasteiger partial charge in [-0.25, -0.2) is 4.79 Å². The molecule has 0 N–H and O–H groups in total. The summed E-state index contributed by atoms with van der Waals surface area (Å²) in [6.45, 7) is 5.74. The van der Waals surface area contributed by atoms with Gasteiger partial charge in [0.2, 0.25) is 0 Å². The summed E-state index contributed by atoms with van der Waals surface area (Å²) in [6.07, 6.45) is 0. The van der Waals surface area contributed by atoms with Crippen LogP contribution >= 0.6 is 11.6 Å². The highest BCUT2D eigenvalue weighted by atomic mass is 35.5. The molecule has 1 atom stereocenters. The van der Waals surface area contributed by atoms with Crippen molar-refractivity contribution in [3.8, 4) is 0 Å². The Morgan fingerprint density at radius 3 is 2.37 bits per heavy atom. The molecule has 0 aliphatic carbocycles. The van der Waals surface area contributed by atoms with Gasteiger partial charge in [0.25, 0.3) is 5.91 Å². The Kier molecular flexibility index (Phi) is 5.87. The van der Waals surface area contributed by atoms with Gasteiger partial charge in [-0.3, -0.25) is 9.69 Å². The predicted molar refractivity (Wildman–Crippen MR) is 102 cm³/mol. The topological polar surface area (TPSA) is 63.0 Å². The van der Waals surface area contributed by atoms with Gasteiger partial charge in [-0.15, -0.1) is 0 Å². The number of amides is 1. The summed E-state index contributed by atoms with van der Waals surface area (Å²) in [6, 6.07) is 8.45. The van der Waals surface area contributed by atoms with Crippen LogP contribution in [-0.2, 0) is 9.53 Å². The molecule has 1 amide bonds. The van der Waals surface area contributed by atoms with E-state index in [1.54, 1.807) is 24.0 Å². The summed E-state index contributed by atoms with van der Waals surface area (Å²) in [5.74, 6) is 0.947. The molecule has 0 saturated carbocycles. The lowest BCUT2D eigenvalue weighted by Gasteiger charge is -2.38. The summed E-state index contributed by atoms with van der Waals surface area (Å²) in [5, 5.41) is 0.524. The normalized spacial score (nSPS) is 16.2. The van der Waals surface area contributed by atoms with Gasteiger partial charge in [-0.1, -0.05) is 29.8 Å². The number of aryl methyl sites for hydroxylation is 2. The van der Waals surface area contributed by atoms with Crippen LogP contribution in [0.1, 0.15) is 33.5 Å². The van der Waals surface area contributed by atoms with Crippen molar-refractivity contribution in [1.29, 1.82) is 0 Å². The number of benzene rings is 1. The molecule has 2 aromatic rings. The Hall–Kier alpha value is -2.31. The minimum absolute atomic E-state index is 0.0450. The van der Waals surface area contributed by atoms with Crippen LogP contribution in [0.25, 0.3) is 0 Å². The summed E-state index contributed by atoms with van der Waals surface area (Å²) in [5.41, 5.74) is 1.31. The van der Waals surface area contributed by atoms with Crippen LogP contribution in [0.2, 0.25) is 5.02 Å². The fraction of sp³-hybridized carbons (Fsp3) is 0.400. The van der Waals surface area contributed by atoms with Crippen molar-refractivity contribution in [3.05, 3.63) is 58.0 Å². The van der Waals surface area contributed by atoms with Gasteiger partial charge in [0.05, 0.1) is 12.7 Å². The molecule has 1 aromatic heterocycles. The average Bonchev–Trinajstić information content (AvgIpc) is 3.01. The molecule has 0 unspecified atom stereocenters. The van der Waals surface area contributed by atoms with E-state index >= 15 is 0 Å². The van der Waals surface area contributed by atoms with Crippen molar-refractivity contribution in [3.63, 3.8) is 0 Å². The number of carbonyl (C=O) groups excluding carboxylic acids is 2. The van der Waals surface area contributed by atoms with E-state index in [0.717, 1.165) is 5.76 Å². The molecule has 1 aliphatic heterocycles. The van der Waals surface area contributed by atoms with Crippen molar-refractivity contribution < 1.29 is 18.7 Å². The average molecular weight is 391 g/mol. The van der Waals surface area contributed by atoms with E-state index < -0.39 is 6.04 Å². The first-order valence-electron chi connectivity index (χ1n) is 8.85. The Bertz CT molecular complexity index is 840. The monoisotopic (exact) mass is 390 g/mol. The van der Waals surface area contributed by atoms with Crippen LogP contribution < -0.4 is 0 Å². The van der Waals surface area contributed by atoms with E-state index in [1.165, 1.54) is 7.11 Å². The molecule has 0 radical (unpaired) electrons. The molecular formula is C20H23ClN2O4. The highest BCUT2D eigenvalue weighted by Crippen LogP contribution is 2.29. The molecule has 1 saturated heterocycles. The minimum atomic E-state index is -0.584. The maximum absolute atomic E-state index is 12.8. The van der Waals surface area contributed by atoms with Crippen LogP contribution in [-0.4, -0.2) is 55.0 Å². The molecule has 7 heteroatoms. The number of methoxy groups -OCH3 is 1. The number of furan rings is 1. The van der Waals surface area contributed by atoms with Gasteiger partial charge in [0, 0.05) is 31.2 Å².